The fourth-order valence-corrected chi connectivity index (χ4v) is 2.72. The van der Waals surface area contributed by atoms with Crippen LogP contribution < -0.4 is 15.4 Å². The Kier molecular flexibility index (Phi) is 6.18. The van der Waals surface area contributed by atoms with Crippen molar-refractivity contribution in [3.8, 4) is 5.75 Å². The molecule has 2 rings (SSSR count). The van der Waals surface area contributed by atoms with Crippen molar-refractivity contribution in [1.29, 1.82) is 0 Å². The van der Waals surface area contributed by atoms with Crippen LogP contribution in [0, 0.1) is 0 Å². The van der Waals surface area contributed by atoms with Gasteiger partial charge in [0.15, 0.2) is 0 Å². The predicted octanol–water partition coefficient (Wildman–Crippen LogP) is 2.77. The molecular formula is C20H22N2O5. The van der Waals surface area contributed by atoms with E-state index in [1.807, 2.05) is 0 Å². The first-order chi connectivity index (χ1) is 12.7. The average molecular weight is 370 g/mol. The van der Waals surface area contributed by atoms with Crippen LogP contribution in [0.3, 0.4) is 0 Å². The lowest BCUT2D eigenvalue weighted by Gasteiger charge is -2.30. The molecule has 0 fully saturated rings. The zero-order valence-corrected chi connectivity index (χ0v) is 15.4. The summed E-state index contributed by atoms with van der Waals surface area (Å²) >= 11 is 0. The van der Waals surface area contributed by atoms with Crippen LogP contribution in [0.15, 0.2) is 48.5 Å². The molecule has 7 nitrogen and oxygen atoms in total. The topological polar surface area (TPSA) is 105 Å². The van der Waals surface area contributed by atoms with Crippen molar-refractivity contribution in [3.63, 3.8) is 0 Å². The first-order valence-corrected chi connectivity index (χ1v) is 8.30. The molecule has 2 aromatic carbocycles. The normalized spacial score (nSPS) is 12.6. The molecule has 0 aliphatic rings. The Morgan fingerprint density at radius 2 is 1.78 bits per heavy atom. The molecule has 7 heteroatoms. The summed E-state index contributed by atoms with van der Waals surface area (Å²) in [6.45, 7) is 3.05. The van der Waals surface area contributed by atoms with Crippen molar-refractivity contribution in [2.75, 3.05) is 12.4 Å². The minimum absolute atomic E-state index is 0.209. The number of hydrogen-bond donors (Lipinski definition) is 3. The van der Waals surface area contributed by atoms with E-state index in [1.54, 1.807) is 55.5 Å². The van der Waals surface area contributed by atoms with Gasteiger partial charge in [0.05, 0.1) is 19.1 Å². The van der Waals surface area contributed by atoms with Crippen molar-refractivity contribution in [2.45, 2.75) is 25.8 Å². The van der Waals surface area contributed by atoms with Gasteiger partial charge in [0, 0.05) is 18.2 Å². The molecule has 0 saturated heterocycles. The SMILES string of the molecule is COc1cccc(C(C)(CC(=O)O)NC(=O)c2ccc(NC(C)=O)cc2)c1. The van der Waals surface area contributed by atoms with E-state index >= 15 is 0 Å². The standard InChI is InChI=1S/C20H22N2O5/c1-13(23)21-16-9-7-14(8-10-16)19(26)22-20(2,12-18(24)25)15-5-4-6-17(11-15)27-3/h4-11H,12H2,1-3H3,(H,21,23)(H,22,26)(H,24,25). The van der Waals surface area contributed by atoms with Gasteiger partial charge in [-0.1, -0.05) is 12.1 Å². The Morgan fingerprint density at radius 1 is 1.11 bits per heavy atom. The minimum atomic E-state index is -1.13. The second-order valence-corrected chi connectivity index (χ2v) is 6.35. The molecule has 27 heavy (non-hydrogen) atoms. The van der Waals surface area contributed by atoms with Gasteiger partial charge in [-0.3, -0.25) is 14.4 Å². The van der Waals surface area contributed by atoms with Crippen molar-refractivity contribution in [1.82, 2.24) is 5.32 Å². The molecule has 0 heterocycles. The number of carbonyl (C=O) groups excluding carboxylic acids is 2. The Labute approximate surface area is 157 Å². The third-order valence-electron chi connectivity index (χ3n) is 4.07. The number of rotatable bonds is 7. The number of carboxylic acids is 1. The largest absolute Gasteiger partial charge is 0.497 e. The molecule has 0 aliphatic carbocycles. The van der Waals surface area contributed by atoms with Gasteiger partial charge in [0.25, 0.3) is 5.91 Å². The summed E-state index contributed by atoms with van der Waals surface area (Å²) in [5.74, 6) is -1.10. The number of carboxylic acid groups (broad SMARTS) is 1. The highest BCUT2D eigenvalue weighted by Crippen LogP contribution is 2.28. The van der Waals surface area contributed by atoms with Gasteiger partial charge < -0.3 is 20.5 Å². The number of hydrogen-bond acceptors (Lipinski definition) is 4. The molecule has 2 amide bonds. The second kappa shape index (κ2) is 8.35. The van der Waals surface area contributed by atoms with Gasteiger partial charge in [-0.05, 0) is 48.9 Å². The first kappa shape index (κ1) is 20.0. The van der Waals surface area contributed by atoms with Crippen LogP contribution in [0.2, 0.25) is 0 Å². The summed E-state index contributed by atoms with van der Waals surface area (Å²) in [6, 6.07) is 13.3. The van der Waals surface area contributed by atoms with Crippen LogP contribution in [-0.2, 0) is 15.1 Å². The van der Waals surface area contributed by atoms with Gasteiger partial charge >= 0.3 is 5.97 Å². The van der Waals surface area contributed by atoms with E-state index in [1.165, 1.54) is 14.0 Å². The number of carbonyl (C=O) groups is 3. The van der Waals surface area contributed by atoms with Crippen LogP contribution >= 0.6 is 0 Å². The van der Waals surface area contributed by atoms with Crippen LogP contribution in [0.5, 0.6) is 5.75 Å². The maximum Gasteiger partial charge on any atom is 0.306 e. The number of amides is 2. The number of aliphatic carboxylic acids is 1. The first-order valence-electron chi connectivity index (χ1n) is 8.30. The zero-order valence-electron chi connectivity index (χ0n) is 15.4. The molecule has 1 atom stereocenters. The molecule has 0 aromatic heterocycles. The summed E-state index contributed by atoms with van der Waals surface area (Å²) in [7, 11) is 1.52. The fraction of sp³-hybridized carbons (Fsp3) is 0.250. The van der Waals surface area contributed by atoms with Gasteiger partial charge in [-0.2, -0.15) is 0 Å². The summed E-state index contributed by atoms with van der Waals surface area (Å²) in [5.41, 5.74) is 0.407. The van der Waals surface area contributed by atoms with Crippen molar-refractivity contribution in [2.24, 2.45) is 0 Å². The molecule has 1 unspecified atom stereocenters. The highest BCUT2D eigenvalue weighted by atomic mass is 16.5. The summed E-state index contributed by atoms with van der Waals surface area (Å²) in [6.07, 6.45) is -0.296. The third-order valence-corrected chi connectivity index (χ3v) is 4.07. The maximum absolute atomic E-state index is 12.7. The summed E-state index contributed by atoms with van der Waals surface area (Å²) in [5, 5.41) is 14.7. The molecule has 0 bridgehead atoms. The Morgan fingerprint density at radius 3 is 2.33 bits per heavy atom. The van der Waals surface area contributed by atoms with Crippen LogP contribution in [0.25, 0.3) is 0 Å². The van der Waals surface area contributed by atoms with Gasteiger partial charge in [-0.25, -0.2) is 0 Å². The van der Waals surface area contributed by atoms with E-state index in [0.717, 1.165) is 0 Å². The fourth-order valence-electron chi connectivity index (χ4n) is 2.72. The Bertz CT molecular complexity index is 848. The molecule has 2 aromatic rings. The minimum Gasteiger partial charge on any atom is -0.497 e. The number of anilines is 1. The van der Waals surface area contributed by atoms with Crippen LogP contribution in [-0.4, -0.2) is 30.0 Å². The van der Waals surface area contributed by atoms with E-state index in [0.29, 0.717) is 22.6 Å². The highest BCUT2D eigenvalue weighted by molar-refractivity contribution is 5.96. The number of methoxy groups -OCH3 is 1. The molecule has 0 spiro atoms. The maximum atomic E-state index is 12.7. The van der Waals surface area contributed by atoms with Crippen molar-refractivity contribution >= 4 is 23.5 Å². The van der Waals surface area contributed by atoms with Crippen molar-refractivity contribution in [3.05, 3.63) is 59.7 Å². The number of ether oxygens (including phenoxy) is 1. The second-order valence-electron chi connectivity index (χ2n) is 6.35. The van der Waals surface area contributed by atoms with Gasteiger partial charge in [-0.15, -0.1) is 0 Å². The zero-order chi connectivity index (χ0) is 20.0. The molecule has 0 aliphatic heterocycles. The number of nitrogens with one attached hydrogen (secondary N) is 2. The van der Waals surface area contributed by atoms with Crippen molar-refractivity contribution < 1.29 is 24.2 Å². The van der Waals surface area contributed by atoms with E-state index in [2.05, 4.69) is 10.6 Å². The van der Waals surface area contributed by atoms with E-state index < -0.39 is 17.4 Å². The molecule has 3 N–H and O–H groups in total. The van der Waals surface area contributed by atoms with E-state index in [4.69, 9.17) is 4.74 Å². The lowest BCUT2D eigenvalue weighted by Crippen LogP contribution is -2.45. The third kappa shape index (κ3) is 5.31. The monoisotopic (exact) mass is 370 g/mol. The average Bonchev–Trinajstić information content (AvgIpc) is 2.61. The summed E-state index contributed by atoms with van der Waals surface area (Å²) in [4.78, 5) is 35.1. The lowest BCUT2D eigenvalue weighted by atomic mass is 9.88. The van der Waals surface area contributed by atoms with E-state index in [9.17, 15) is 19.5 Å². The number of benzene rings is 2. The van der Waals surface area contributed by atoms with Crippen LogP contribution in [0.4, 0.5) is 5.69 Å². The highest BCUT2D eigenvalue weighted by Gasteiger charge is 2.32. The van der Waals surface area contributed by atoms with Crippen LogP contribution in [0.1, 0.15) is 36.2 Å². The van der Waals surface area contributed by atoms with Gasteiger partial charge in [0.1, 0.15) is 5.75 Å². The Balaban J connectivity index is 2.28. The Hall–Kier alpha value is -3.35. The molecule has 0 saturated carbocycles. The predicted molar refractivity (Wildman–Crippen MR) is 101 cm³/mol. The molecule has 142 valence electrons. The molecule has 0 radical (unpaired) electrons. The smallest absolute Gasteiger partial charge is 0.306 e. The molecular weight excluding hydrogens is 348 g/mol. The summed E-state index contributed by atoms with van der Waals surface area (Å²) < 4.78 is 5.19. The van der Waals surface area contributed by atoms with E-state index in [-0.39, 0.29) is 12.3 Å². The van der Waals surface area contributed by atoms with Gasteiger partial charge in [0.2, 0.25) is 5.91 Å². The lowest BCUT2D eigenvalue weighted by molar-refractivity contribution is -0.138. The quantitative estimate of drug-likeness (QED) is 0.695.